The Morgan fingerprint density at radius 2 is 2.18 bits per heavy atom. The smallest absolute Gasteiger partial charge is 0.162 e. The van der Waals surface area contributed by atoms with Crippen LogP contribution in [0.4, 0.5) is 5.00 Å². The summed E-state index contributed by atoms with van der Waals surface area (Å²) in [5.41, 5.74) is 3.22. The molecule has 1 aliphatic rings. The molecule has 0 saturated carbocycles. The van der Waals surface area contributed by atoms with Crippen molar-refractivity contribution in [3.63, 3.8) is 0 Å². The second-order valence-electron chi connectivity index (χ2n) is 5.91. The minimum atomic E-state index is 0.336. The molecular formula is C17H18ClN3S. The van der Waals surface area contributed by atoms with Crippen molar-refractivity contribution in [1.29, 1.82) is 5.26 Å². The zero-order valence-corrected chi connectivity index (χ0v) is 14.1. The highest BCUT2D eigenvalue weighted by atomic mass is 35.5. The molecule has 0 N–H and O–H groups in total. The number of piperidine rings is 1. The number of nitrogens with zero attached hydrogens (tertiary/aromatic N) is 3. The van der Waals surface area contributed by atoms with Crippen LogP contribution in [0.3, 0.4) is 0 Å². The highest BCUT2D eigenvalue weighted by molar-refractivity contribution is 7.10. The minimum Gasteiger partial charge on any atom is -0.361 e. The molecule has 3 rings (SSSR count). The molecule has 1 saturated heterocycles. The van der Waals surface area contributed by atoms with Crippen molar-refractivity contribution in [2.24, 2.45) is 5.92 Å². The van der Waals surface area contributed by atoms with Crippen molar-refractivity contribution in [3.8, 4) is 6.07 Å². The Labute approximate surface area is 140 Å². The normalized spacial score (nSPS) is 18.2. The van der Waals surface area contributed by atoms with Crippen LogP contribution in [0, 0.1) is 24.2 Å². The van der Waals surface area contributed by atoms with Crippen LogP contribution in [0.1, 0.15) is 29.5 Å². The van der Waals surface area contributed by atoms with Gasteiger partial charge in [-0.3, -0.25) is 0 Å². The van der Waals surface area contributed by atoms with E-state index >= 15 is 0 Å². The van der Waals surface area contributed by atoms with Crippen LogP contribution in [-0.2, 0) is 6.42 Å². The van der Waals surface area contributed by atoms with E-state index in [4.69, 9.17) is 11.6 Å². The topological polar surface area (TPSA) is 39.9 Å². The molecule has 1 atom stereocenters. The third kappa shape index (κ3) is 3.26. The average Bonchev–Trinajstić information content (AvgIpc) is 2.91. The number of anilines is 1. The van der Waals surface area contributed by atoms with Crippen molar-refractivity contribution >= 4 is 28.1 Å². The third-order valence-corrected chi connectivity index (χ3v) is 5.48. The van der Waals surface area contributed by atoms with Gasteiger partial charge >= 0.3 is 0 Å². The van der Waals surface area contributed by atoms with Crippen LogP contribution in [0.15, 0.2) is 24.3 Å². The summed E-state index contributed by atoms with van der Waals surface area (Å²) < 4.78 is 4.12. The van der Waals surface area contributed by atoms with Gasteiger partial charge in [0.1, 0.15) is 16.6 Å². The van der Waals surface area contributed by atoms with Gasteiger partial charge in [-0.25, -0.2) is 0 Å². The lowest BCUT2D eigenvalue weighted by Crippen LogP contribution is -2.36. The number of hydrogen-bond acceptors (Lipinski definition) is 4. The molecule has 1 aromatic carbocycles. The standard InChI is InChI=1S/C17H18ClN3S/c1-12-4-6-13(7-5-12)9-14-3-2-8-21(11-14)17-15(10-19)16(18)20-22-17/h4-7,14H,2-3,8-9,11H2,1H3/t14-/m0/s1. The Balaban J connectivity index is 1.71. The van der Waals surface area contributed by atoms with Gasteiger partial charge in [-0.15, -0.1) is 0 Å². The molecule has 5 heteroatoms. The summed E-state index contributed by atoms with van der Waals surface area (Å²) in [6.07, 6.45) is 3.47. The van der Waals surface area contributed by atoms with E-state index in [-0.39, 0.29) is 0 Å². The molecule has 22 heavy (non-hydrogen) atoms. The molecule has 0 radical (unpaired) electrons. The molecule has 2 heterocycles. The van der Waals surface area contributed by atoms with E-state index in [0.717, 1.165) is 30.9 Å². The first-order valence-electron chi connectivity index (χ1n) is 7.53. The van der Waals surface area contributed by atoms with Gasteiger partial charge in [-0.05, 0) is 49.2 Å². The molecule has 2 aromatic rings. The van der Waals surface area contributed by atoms with Crippen molar-refractivity contribution < 1.29 is 0 Å². The van der Waals surface area contributed by atoms with Crippen LogP contribution in [0.5, 0.6) is 0 Å². The Morgan fingerprint density at radius 3 is 2.91 bits per heavy atom. The number of hydrogen-bond donors (Lipinski definition) is 0. The average molecular weight is 332 g/mol. The predicted molar refractivity (Wildman–Crippen MR) is 91.7 cm³/mol. The molecule has 0 bridgehead atoms. The number of benzene rings is 1. The molecule has 1 aromatic heterocycles. The molecule has 0 spiro atoms. The van der Waals surface area contributed by atoms with E-state index in [1.165, 1.54) is 29.1 Å². The largest absolute Gasteiger partial charge is 0.361 e. The van der Waals surface area contributed by atoms with E-state index in [2.05, 4.69) is 46.5 Å². The number of nitriles is 1. The molecule has 0 aliphatic carbocycles. The molecule has 0 unspecified atom stereocenters. The van der Waals surface area contributed by atoms with Crippen LogP contribution < -0.4 is 4.90 Å². The maximum Gasteiger partial charge on any atom is 0.162 e. The summed E-state index contributed by atoms with van der Waals surface area (Å²) in [4.78, 5) is 2.28. The fraction of sp³-hybridized carbons (Fsp3) is 0.412. The summed E-state index contributed by atoms with van der Waals surface area (Å²) in [5.74, 6) is 0.615. The Kier molecular flexibility index (Phi) is 4.66. The molecular weight excluding hydrogens is 314 g/mol. The minimum absolute atomic E-state index is 0.336. The number of halogens is 1. The van der Waals surface area contributed by atoms with Crippen LogP contribution >= 0.6 is 23.1 Å². The number of rotatable bonds is 3. The van der Waals surface area contributed by atoms with E-state index in [0.29, 0.717) is 16.6 Å². The van der Waals surface area contributed by atoms with Gasteiger partial charge in [0.2, 0.25) is 0 Å². The highest BCUT2D eigenvalue weighted by Gasteiger charge is 2.25. The molecule has 3 nitrogen and oxygen atoms in total. The van der Waals surface area contributed by atoms with Gasteiger partial charge in [0.05, 0.1) is 0 Å². The summed E-state index contributed by atoms with van der Waals surface area (Å²) >= 11 is 7.33. The second kappa shape index (κ2) is 6.68. The first kappa shape index (κ1) is 15.3. The molecule has 1 fully saturated rings. The lowest BCUT2D eigenvalue weighted by atomic mass is 9.91. The van der Waals surface area contributed by atoms with Crippen LogP contribution in [-0.4, -0.2) is 17.5 Å². The molecule has 114 valence electrons. The van der Waals surface area contributed by atoms with Crippen molar-refractivity contribution in [2.75, 3.05) is 18.0 Å². The number of aromatic nitrogens is 1. The quantitative estimate of drug-likeness (QED) is 0.835. The maximum absolute atomic E-state index is 9.25. The van der Waals surface area contributed by atoms with Gasteiger partial charge in [-0.2, -0.15) is 9.64 Å². The van der Waals surface area contributed by atoms with Crippen LogP contribution in [0.2, 0.25) is 5.15 Å². The maximum atomic E-state index is 9.25. The summed E-state index contributed by atoms with van der Waals surface area (Å²) in [7, 11) is 0. The van der Waals surface area contributed by atoms with Gasteiger partial charge in [0.15, 0.2) is 5.15 Å². The summed E-state index contributed by atoms with van der Waals surface area (Å²) in [6, 6.07) is 11.0. The Hall–Kier alpha value is -1.57. The van der Waals surface area contributed by atoms with E-state index in [1.807, 2.05) is 0 Å². The number of aryl methyl sites for hydroxylation is 1. The fourth-order valence-corrected chi connectivity index (χ4v) is 4.11. The first-order valence-corrected chi connectivity index (χ1v) is 8.68. The van der Waals surface area contributed by atoms with Crippen LogP contribution in [0.25, 0.3) is 0 Å². The van der Waals surface area contributed by atoms with Gasteiger partial charge in [-0.1, -0.05) is 41.4 Å². The van der Waals surface area contributed by atoms with E-state index < -0.39 is 0 Å². The predicted octanol–water partition coefficient (Wildman–Crippen LogP) is 4.44. The SMILES string of the molecule is Cc1ccc(C[C@@H]2CCCN(c3snc(Cl)c3C#N)C2)cc1. The zero-order valence-electron chi connectivity index (χ0n) is 12.6. The van der Waals surface area contributed by atoms with Crippen molar-refractivity contribution in [2.45, 2.75) is 26.2 Å². The monoisotopic (exact) mass is 331 g/mol. The lowest BCUT2D eigenvalue weighted by Gasteiger charge is -2.33. The molecule has 1 aliphatic heterocycles. The Morgan fingerprint density at radius 1 is 1.41 bits per heavy atom. The lowest BCUT2D eigenvalue weighted by molar-refractivity contribution is 0.414. The highest BCUT2D eigenvalue weighted by Crippen LogP contribution is 2.34. The van der Waals surface area contributed by atoms with Gasteiger partial charge in [0, 0.05) is 13.1 Å². The van der Waals surface area contributed by atoms with E-state index in [9.17, 15) is 5.26 Å². The zero-order chi connectivity index (χ0) is 15.5. The summed E-state index contributed by atoms with van der Waals surface area (Å²) in [6.45, 7) is 4.07. The second-order valence-corrected chi connectivity index (χ2v) is 7.02. The molecule has 0 amide bonds. The fourth-order valence-electron chi connectivity index (χ4n) is 3.05. The third-order valence-electron chi connectivity index (χ3n) is 4.20. The van der Waals surface area contributed by atoms with Crippen molar-refractivity contribution in [1.82, 2.24) is 4.37 Å². The van der Waals surface area contributed by atoms with Gasteiger partial charge in [0.25, 0.3) is 0 Å². The summed E-state index contributed by atoms with van der Waals surface area (Å²) in [5, 5.41) is 10.5. The Bertz CT molecular complexity index is 687. The van der Waals surface area contributed by atoms with Gasteiger partial charge < -0.3 is 4.90 Å². The van der Waals surface area contributed by atoms with E-state index in [1.54, 1.807) is 0 Å². The van der Waals surface area contributed by atoms with Crippen molar-refractivity contribution in [3.05, 3.63) is 46.1 Å². The first-order chi connectivity index (χ1) is 10.7.